The monoisotopic (exact) mass is 255 g/mol. The van der Waals surface area contributed by atoms with Gasteiger partial charge in [-0.1, -0.05) is 0 Å². The molecule has 0 unspecified atom stereocenters. The van der Waals surface area contributed by atoms with Gasteiger partial charge in [0.1, 0.15) is 0 Å². The summed E-state index contributed by atoms with van der Waals surface area (Å²) in [5.74, 6) is 0. The van der Waals surface area contributed by atoms with Crippen LogP contribution in [0.1, 0.15) is 5.56 Å². The molecule has 0 bridgehead atoms. The van der Waals surface area contributed by atoms with Crippen LogP contribution in [-0.4, -0.2) is 26.5 Å². The fourth-order valence-corrected chi connectivity index (χ4v) is 0.929. The van der Waals surface area contributed by atoms with Crippen molar-refractivity contribution in [2.75, 3.05) is 0 Å². The molecule has 0 aliphatic rings. The summed E-state index contributed by atoms with van der Waals surface area (Å²) in [6.45, 7) is 0.394. The van der Waals surface area contributed by atoms with E-state index in [-0.39, 0.29) is 3.99 Å². The van der Waals surface area contributed by atoms with E-state index >= 15 is 0 Å². The summed E-state index contributed by atoms with van der Waals surface area (Å²) in [5, 5.41) is 0. The second-order valence-electron chi connectivity index (χ2n) is 2.06. The third-order valence-electron chi connectivity index (χ3n) is 1.21. The molecule has 0 atom stereocenters. The Balaban J connectivity index is 2.45. The Morgan fingerprint density at radius 3 is 2.55 bits per heavy atom. The van der Waals surface area contributed by atoms with Gasteiger partial charge in [-0.05, 0) is 0 Å². The Hall–Kier alpha value is -0.511. The zero-order valence-electron chi connectivity index (χ0n) is 5.91. The fraction of sp³-hybridized carbons (Fsp3) is 0.125. The maximum absolute atomic E-state index is 10.4. The van der Waals surface area contributed by atoms with Crippen molar-refractivity contribution in [3.8, 4) is 0 Å². The molecule has 1 rings (SSSR count). The Labute approximate surface area is 78.6 Å². The van der Waals surface area contributed by atoms with Gasteiger partial charge in [0.15, 0.2) is 0 Å². The van der Waals surface area contributed by atoms with Gasteiger partial charge in [-0.25, -0.2) is 0 Å². The first-order chi connectivity index (χ1) is 5.29. The SMILES string of the molecule is O=[C]([Sn])OCc1ccccc1. The molecule has 0 fully saturated rings. The summed E-state index contributed by atoms with van der Waals surface area (Å²) in [4.78, 5) is 10.4. The van der Waals surface area contributed by atoms with Crippen molar-refractivity contribution in [2.24, 2.45) is 0 Å². The zero-order chi connectivity index (χ0) is 8.10. The maximum atomic E-state index is 10.4. The molecular weight excluding hydrogens is 247 g/mol. The molecule has 2 nitrogen and oxygen atoms in total. The van der Waals surface area contributed by atoms with E-state index in [0.29, 0.717) is 6.61 Å². The van der Waals surface area contributed by atoms with E-state index in [2.05, 4.69) is 0 Å². The normalized spacial score (nSPS) is 9.18. The summed E-state index contributed by atoms with van der Waals surface area (Å²) < 4.78 is 4.68. The molecule has 0 heterocycles. The van der Waals surface area contributed by atoms with Gasteiger partial charge < -0.3 is 0 Å². The van der Waals surface area contributed by atoms with E-state index in [1.165, 1.54) is 0 Å². The Morgan fingerprint density at radius 2 is 2.00 bits per heavy atom. The van der Waals surface area contributed by atoms with Gasteiger partial charge in [-0.2, -0.15) is 0 Å². The third kappa shape index (κ3) is 3.41. The van der Waals surface area contributed by atoms with Crippen LogP contribution in [0.2, 0.25) is 0 Å². The number of hydrogen-bond acceptors (Lipinski definition) is 2. The Morgan fingerprint density at radius 1 is 1.36 bits per heavy atom. The van der Waals surface area contributed by atoms with Crippen molar-refractivity contribution in [1.29, 1.82) is 0 Å². The second kappa shape index (κ2) is 4.38. The van der Waals surface area contributed by atoms with Crippen LogP contribution in [0.5, 0.6) is 0 Å². The number of carbonyl (C=O) groups excluding carboxylic acids is 1. The third-order valence-corrected chi connectivity index (χ3v) is 1.62. The van der Waals surface area contributed by atoms with Gasteiger partial charge in [0.05, 0.1) is 0 Å². The first kappa shape index (κ1) is 8.58. The topological polar surface area (TPSA) is 26.3 Å². The molecule has 0 aromatic heterocycles. The zero-order valence-corrected chi connectivity index (χ0v) is 8.76. The van der Waals surface area contributed by atoms with E-state index < -0.39 is 0 Å². The fourth-order valence-electron chi connectivity index (χ4n) is 0.723. The van der Waals surface area contributed by atoms with Crippen LogP contribution < -0.4 is 0 Å². The van der Waals surface area contributed by atoms with E-state index in [9.17, 15) is 4.79 Å². The summed E-state index contributed by atoms with van der Waals surface area (Å²) in [6.07, 6.45) is 0. The summed E-state index contributed by atoms with van der Waals surface area (Å²) >= 11 is 0.798. The Kier molecular flexibility index (Phi) is 3.42. The molecule has 0 amide bonds. The molecular formula is C8H7O2Sn. The van der Waals surface area contributed by atoms with Crippen molar-refractivity contribution in [3.63, 3.8) is 0 Å². The summed E-state index contributed by atoms with van der Waals surface area (Å²) in [6, 6.07) is 9.64. The van der Waals surface area contributed by atoms with Crippen molar-refractivity contribution in [2.45, 2.75) is 6.61 Å². The quantitative estimate of drug-likeness (QED) is 0.747. The molecule has 3 radical (unpaired) electrons. The van der Waals surface area contributed by atoms with Crippen molar-refractivity contribution in [3.05, 3.63) is 35.9 Å². The second-order valence-corrected chi connectivity index (χ2v) is 3.23. The van der Waals surface area contributed by atoms with Gasteiger partial charge in [0.2, 0.25) is 0 Å². The molecule has 1 aromatic carbocycles. The van der Waals surface area contributed by atoms with Crippen LogP contribution in [0.25, 0.3) is 0 Å². The summed E-state index contributed by atoms with van der Waals surface area (Å²) in [5.41, 5.74) is 1.03. The molecule has 0 spiro atoms. The molecule has 0 saturated heterocycles. The molecule has 1 aromatic rings. The predicted molar refractivity (Wildman–Crippen MR) is 42.4 cm³/mol. The first-order valence-electron chi connectivity index (χ1n) is 3.21. The van der Waals surface area contributed by atoms with Gasteiger partial charge in [-0.3, -0.25) is 0 Å². The van der Waals surface area contributed by atoms with Crippen LogP contribution in [0.15, 0.2) is 30.3 Å². The molecule has 11 heavy (non-hydrogen) atoms. The van der Waals surface area contributed by atoms with Gasteiger partial charge in [0, 0.05) is 0 Å². The number of rotatable bonds is 2. The average Bonchev–Trinajstić information content (AvgIpc) is 2.03. The van der Waals surface area contributed by atoms with Crippen molar-refractivity contribution >= 4 is 26.5 Å². The van der Waals surface area contributed by atoms with E-state index in [4.69, 9.17) is 4.74 Å². The van der Waals surface area contributed by atoms with Crippen molar-refractivity contribution in [1.82, 2.24) is 0 Å². The predicted octanol–water partition coefficient (Wildman–Crippen LogP) is 1.49. The van der Waals surface area contributed by atoms with Gasteiger partial charge in [0.25, 0.3) is 0 Å². The number of ether oxygens (including phenoxy) is 1. The minimum atomic E-state index is -0.152. The van der Waals surface area contributed by atoms with E-state index in [1.807, 2.05) is 30.3 Å². The van der Waals surface area contributed by atoms with Gasteiger partial charge >= 0.3 is 78.5 Å². The molecule has 0 aliphatic carbocycles. The van der Waals surface area contributed by atoms with Crippen LogP contribution in [0.4, 0.5) is 4.79 Å². The van der Waals surface area contributed by atoms with Crippen LogP contribution in [-0.2, 0) is 11.3 Å². The van der Waals surface area contributed by atoms with Crippen molar-refractivity contribution < 1.29 is 9.53 Å². The molecule has 0 N–H and O–H groups in total. The molecule has 0 aliphatic heterocycles. The molecule has 55 valence electrons. The Bertz CT molecular complexity index is 233. The minimum absolute atomic E-state index is 0.152. The number of hydrogen-bond donors (Lipinski definition) is 0. The first-order valence-corrected chi connectivity index (χ1v) is 4.64. The number of carbonyl (C=O) groups is 1. The van der Waals surface area contributed by atoms with E-state index in [1.54, 1.807) is 0 Å². The molecule has 3 heteroatoms. The number of benzene rings is 1. The van der Waals surface area contributed by atoms with E-state index in [0.717, 1.165) is 28.1 Å². The summed E-state index contributed by atoms with van der Waals surface area (Å²) in [7, 11) is 0. The van der Waals surface area contributed by atoms with Gasteiger partial charge in [-0.15, -0.1) is 0 Å². The van der Waals surface area contributed by atoms with Crippen LogP contribution in [0.3, 0.4) is 0 Å². The van der Waals surface area contributed by atoms with Crippen LogP contribution >= 0.6 is 0 Å². The standard InChI is InChI=1S/C8H7O2.Sn/c9-7-10-6-8-4-2-1-3-5-8;/h1-5H,6H2;. The van der Waals surface area contributed by atoms with Crippen LogP contribution in [0, 0.1) is 0 Å². The molecule has 0 saturated carbocycles. The average molecular weight is 254 g/mol.